The summed E-state index contributed by atoms with van der Waals surface area (Å²) < 4.78 is 27.8. The third kappa shape index (κ3) is 5.03. The van der Waals surface area contributed by atoms with E-state index in [1.165, 1.54) is 38.2 Å². The lowest BCUT2D eigenvalue weighted by atomic mass is 9.94. The largest absolute Gasteiger partial charge is 0.339 e. The van der Waals surface area contributed by atoms with Gasteiger partial charge in [0.05, 0.1) is 10.3 Å². The maximum atomic E-state index is 12.3. The normalized spacial score (nSPS) is 20.8. The molecule has 1 aromatic rings. The summed E-state index contributed by atoms with van der Waals surface area (Å²) in [5.41, 5.74) is 0. The molecule has 2 aliphatic rings. The number of thiophene rings is 1. The number of nitrogens with one attached hydrogen (secondary N) is 1. The second-order valence-electron chi connectivity index (χ2n) is 6.59. The van der Waals surface area contributed by atoms with Crippen molar-refractivity contribution in [3.63, 3.8) is 0 Å². The number of amides is 1. The Labute approximate surface area is 161 Å². The van der Waals surface area contributed by atoms with E-state index in [4.69, 9.17) is 0 Å². The molecular formula is C16H24BrN3O3S2. The van der Waals surface area contributed by atoms with Crippen molar-refractivity contribution in [2.24, 2.45) is 0 Å². The van der Waals surface area contributed by atoms with E-state index in [2.05, 4.69) is 25.6 Å². The highest BCUT2D eigenvalue weighted by Crippen LogP contribution is 2.26. The van der Waals surface area contributed by atoms with Gasteiger partial charge in [0.2, 0.25) is 5.91 Å². The first kappa shape index (κ1) is 19.3. The van der Waals surface area contributed by atoms with E-state index in [0.29, 0.717) is 19.1 Å². The number of hydrogen-bond acceptors (Lipinski definition) is 5. The zero-order chi connectivity index (χ0) is 17.9. The summed E-state index contributed by atoms with van der Waals surface area (Å²) in [7, 11) is -3.62. The maximum absolute atomic E-state index is 12.3. The molecule has 25 heavy (non-hydrogen) atoms. The van der Waals surface area contributed by atoms with Crippen LogP contribution >= 0.6 is 27.3 Å². The van der Waals surface area contributed by atoms with Gasteiger partial charge in [-0.25, -0.2) is 13.1 Å². The van der Waals surface area contributed by atoms with Crippen molar-refractivity contribution < 1.29 is 13.2 Å². The topological polar surface area (TPSA) is 69.7 Å². The second kappa shape index (κ2) is 8.47. The summed E-state index contributed by atoms with van der Waals surface area (Å²) in [6, 6.07) is 3.89. The van der Waals surface area contributed by atoms with Crippen LogP contribution in [0.25, 0.3) is 0 Å². The first-order chi connectivity index (χ1) is 12.0. The smallest absolute Gasteiger partial charge is 0.250 e. The number of piperazine rings is 1. The third-order valence-electron chi connectivity index (χ3n) is 4.98. The zero-order valence-corrected chi connectivity index (χ0v) is 17.3. The van der Waals surface area contributed by atoms with Crippen molar-refractivity contribution in [3.8, 4) is 0 Å². The number of carbonyl (C=O) groups is 1. The summed E-state index contributed by atoms with van der Waals surface area (Å²) in [5.74, 6) is -0.150. The number of rotatable bonds is 5. The molecule has 2 heterocycles. The van der Waals surface area contributed by atoms with Crippen molar-refractivity contribution in [3.05, 3.63) is 15.9 Å². The summed E-state index contributed by atoms with van der Waals surface area (Å²) >= 11 is 4.38. The van der Waals surface area contributed by atoms with Gasteiger partial charge in [-0.15, -0.1) is 11.3 Å². The quantitative estimate of drug-likeness (QED) is 0.748. The van der Waals surface area contributed by atoms with Crippen LogP contribution in [-0.2, 0) is 14.8 Å². The van der Waals surface area contributed by atoms with Crippen LogP contribution in [-0.4, -0.2) is 62.9 Å². The minimum atomic E-state index is -3.62. The van der Waals surface area contributed by atoms with Crippen molar-refractivity contribution >= 4 is 43.2 Å². The van der Waals surface area contributed by atoms with Crippen LogP contribution in [0.3, 0.4) is 0 Å². The Kier molecular flexibility index (Phi) is 6.54. The van der Waals surface area contributed by atoms with Crippen LogP contribution in [0.1, 0.15) is 32.1 Å². The Morgan fingerprint density at radius 3 is 2.44 bits per heavy atom. The van der Waals surface area contributed by atoms with Gasteiger partial charge >= 0.3 is 0 Å². The Morgan fingerprint density at radius 1 is 1.16 bits per heavy atom. The van der Waals surface area contributed by atoms with Gasteiger partial charge in [0.15, 0.2) is 0 Å². The first-order valence-corrected chi connectivity index (χ1v) is 11.8. The lowest BCUT2D eigenvalue weighted by molar-refractivity contribution is -0.132. The van der Waals surface area contributed by atoms with Gasteiger partial charge < -0.3 is 4.90 Å². The molecule has 9 heteroatoms. The van der Waals surface area contributed by atoms with Crippen LogP contribution in [0.15, 0.2) is 20.1 Å². The minimum Gasteiger partial charge on any atom is -0.339 e. The average Bonchev–Trinajstić information content (AvgIpc) is 3.08. The molecule has 0 aromatic carbocycles. The van der Waals surface area contributed by atoms with Gasteiger partial charge in [-0.3, -0.25) is 9.69 Å². The van der Waals surface area contributed by atoms with Crippen LogP contribution in [0, 0.1) is 0 Å². The molecular weight excluding hydrogens is 426 g/mol. The average molecular weight is 450 g/mol. The summed E-state index contributed by atoms with van der Waals surface area (Å²) in [5, 5.41) is 0. The fraction of sp³-hybridized carbons (Fsp3) is 0.688. The SMILES string of the molecule is O=C(CNS(=O)(=O)c1ccc(Br)s1)N1CCN(C2CCCCC2)CC1. The predicted molar refractivity (Wildman–Crippen MR) is 102 cm³/mol. The number of carbonyl (C=O) groups excluding carboxylic acids is 1. The fourth-order valence-corrected chi connectivity index (χ4v) is 6.59. The van der Waals surface area contributed by atoms with Crippen LogP contribution in [0.5, 0.6) is 0 Å². The van der Waals surface area contributed by atoms with Gasteiger partial charge in [0, 0.05) is 32.2 Å². The molecule has 3 rings (SSSR count). The Hall–Kier alpha value is -0.480. The fourth-order valence-electron chi connectivity index (χ4n) is 3.56. The second-order valence-corrected chi connectivity index (χ2v) is 11.0. The highest BCUT2D eigenvalue weighted by Gasteiger charge is 2.27. The number of sulfonamides is 1. The number of halogens is 1. The molecule has 0 bridgehead atoms. The third-order valence-corrected chi connectivity index (χ3v) is 8.50. The van der Waals surface area contributed by atoms with Crippen molar-refractivity contribution in [1.29, 1.82) is 0 Å². The van der Waals surface area contributed by atoms with Crippen molar-refractivity contribution in [2.45, 2.75) is 42.4 Å². The number of hydrogen-bond donors (Lipinski definition) is 1. The highest BCUT2D eigenvalue weighted by atomic mass is 79.9. The van der Waals surface area contributed by atoms with E-state index in [9.17, 15) is 13.2 Å². The van der Waals surface area contributed by atoms with Crippen LogP contribution < -0.4 is 4.72 Å². The molecule has 140 valence electrons. The molecule has 0 radical (unpaired) electrons. The zero-order valence-electron chi connectivity index (χ0n) is 14.1. The van der Waals surface area contributed by atoms with Gasteiger partial charge in [-0.2, -0.15) is 0 Å². The highest BCUT2D eigenvalue weighted by molar-refractivity contribution is 9.11. The van der Waals surface area contributed by atoms with Gasteiger partial charge in [-0.1, -0.05) is 19.3 Å². The molecule has 0 unspecified atom stereocenters. The summed E-state index contributed by atoms with van der Waals surface area (Å²) in [6.07, 6.45) is 6.50. The molecule has 1 amide bonds. The maximum Gasteiger partial charge on any atom is 0.250 e. The Bertz CT molecular complexity index is 693. The van der Waals surface area contributed by atoms with E-state index < -0.39 is 10.0 Å². The molecule has 1 saturated carbocycles. The molecule has 0 atom stereocenters. The van der Waals surface area contributed by atoms with Crippen molar-refractivity contribution in [2.75, 3.05) is 32.7 Å². The molecule has 2 fully saturated rings. The summed E-state index contributed by atoms with van der Waals surface area (Å²) in [6.45, 7) is 2.96. The Balaban J connectivity index is 1.46. The monoisotopic (exact) mass is 449 g/mol. The Morgan fingerprint density at radius 2 is 1.84 bits per heavy atom. The van der Waals surface area contributed by atoms with E-state index >= 15 is 0 Å². The lowest BCUT2D eigenvalue weighted by Crippen LogP contribution is -2.53. The standard InChI is InChI=1S/C16H24BrN3O3S2/c17-14-6-7-16(24-14)25(22,23)18-12-15(21)20-10-8-19(9-11-20)13-4-2-1-3-5-13/h6-7,13,18H,1-5,8-12H2. The van der Waals surface area contributed by atoms with Gasteiger partial charge in [0.1, 0.15) is 4.21 Å². The molecule has 1 aliphatic carbocycles. The van der Waals surface area contributed by atoms with Crippen LogP contribution in [0.4, 0.5) is 0 Å². The van der Waals surface area contributed by atoms with E-state index in [0.717, 1.165) is 28.2 Å². The molecule has 1 saturated heterocycles. The van der Waals surface area contributed by atoms with Gasteiger partial charge in [0.25, 0.3) is 10.0 Å². The van der Waals surface area contributed by atoms with Crippen molar-refractivity contribution in [1.82, 2.24) is 14.5 Å². The number of nitrogens with zero attached hydrogens (tertiary/aromatic N) is 2. The lowest BCUT2D eigenvalue weighted by Gasteiger charge is -2.40. The van der Waals surface area contributed by atoms with E-state index in [-0.39, 0.29) is 16.7 Å². The first-order valence-electron chi connectivity index (χ1n) is 8.72. The minimum absolute atomic E-state index is 0.150. The molecule has 6 nitrogen and oxygen atoms in total. The molecule has 1 N–H and O–H groups in total. The molecule has 1 aromatic heterocycles. The molecule has 1 aliphatic heterocycles. The summed E-state index contributed by atoms with van der Waals surface area (Å²) in [4.78, 5) is 16.6. The predicted octanol–water partition coefficient (Wildman–Crippen LogP) is 2.27. The van der Waals surface area contributed by atoms with E-state index in [1.54, 1.807) is 11.0 Å². The van der Waals surface area contributed by atoms with Crippen LogP contribution in [0.2, 0.25) is 0 Å². The van der Waals surface area contributed by atoms with E-state index in [1.807, 2.05) is 0 Å². The van der Waals surface area contributed by atoms with Gasteiger partial charge in [-0.05, 0) is 40.9 Å². The molecule has 0 spiro atoms.